The minimum absolute atomic E-state index is 0.203. The highest BCUT2D eigenvalue weighted by Gasteiger charge is 2.32. The number of amidine groups is 1. The zero-order valence-electron chi connectivity index (χ0n) is 16.8. The Morgan fingerprint density at radius 1 is 1.23 bits per heavy atom. The minimum Gasteiger partial charge on any atom is -0.442 e. The Labute approximate surface area is 178 Å². The number of hydrogen-bond donors (Lipinski definition) is 2. The number of carbonyl (C=O) groups is 2. The van der Waals surface area contributed by atoms with Crippen LogP contribution in [-0.2, 0) is 16.1 Å². The Morgan fingerprint density at radius 3 is 2.65 bits per heavy atom. The van der Waals surface area contributed by atoms with Gasteiger partial charge in [0.25, 0.3) is 0 Å². The number of nitrogens with zero attached hydrogens (tertiary/aromatic N) is 4. The molecule has 0 saturated carbocycles. The van der Waals surface area contributed by atoms with Crippen LogP contribution in [0.1, 0.15) is 12.5 Å². The predicted octanol–water partition coefficient (Wildman–Crippen LogP) is 2.82. The summed E-state index contributed by atoms with van der Waals surface area (Å²) < 4.78 is 20.1. The smallest absolute Gasteiger partial charge is 0.414 e. The molecule has 0 spiro atoms. The van der Waals surface area contributed by atoms with Crippen LogP contribution < -0.4 is 15.5 Å². The third-order valence-corrected chi connectivity index (χ3v) is 4.91. The molecule has 2 aromatic carbocycles. The zero-order chi connectivity index (χ0) is 21.8. The van der Waals surface area contributed by atoms with Gasteiger partial charge >= 0.3 is 6.09 Å². The number of rotatable bonds is 8. The lowest BCUT2D eigenvalue weighted by Crippen LogP contribution is -2.33. The van der Waals surface area contributed by atoms with Gasteiger partial charge in [-0.05, 0) is 34.5 Å². The monoisotopic (exact) mass is 424 g/mol. The van der Waals surface area contributed by atoms with Gasteiger partial charge in [0.05, 0.1) is 25.3 Å². The highest BCUT2D eigenvalue weighted by molar-refractivity contribution is 5.90. The molecule has 31 heavy (non-hydrogen) atoms. The van der Waals surface area contributed by atoms with E-state index in [1.165, 1.54) is 17.9 Å². The van der Waals surface area contributed by atoms with Crippen molar-refractivity contribution < 1.29 is 18.7 Å². The second-order valence-electron chi connectivity index (χ2n) is 7.22. The van der Waals surface area contributed by atoms with Crippen LogP contribution in [0.3, 0.4) is 0 Å². The van der Waals surface area contributed by atoms with Crippen LogP contribution in [0.15, 0.2) is 57.9 Å². The SMILES string of the molecule is CC(=O)NCC1CN(c2ccc(-c3ccc(CNCC4=NN=N4)cc3)c(F)c2)C(=O)O1. The van der Waals surface area contributed by atoms with E-state index in [0.29, 0.717) is 30.2 Å². The summed E-state index contributed by atoms with van der Waals surface area (Å²) in [6.45, 7) is 3.03. The van der Waals surface area contributed by atoms with Gasteiger partial charge in [-0.15, -0.1) is 10.2 Å². The van der Waals surface area contributed by atoms with Crippen LogP contribution in [0.2, 0.25) is 0 Å². The number of cyclic esters (lactones) is 1. The Bertz CT molecular complexity index is 1050. The molecular weight excluding hydrogens is 403 g/mol. The normalized spacial score (nSPS) is 17.2. The van der Waals surface area contributed by atoms with Crippen LogP contribution in [-0.4, -0.2) is 43.6 Å². The van der Waals surface area contributed by atoms with Crippen molar-refractivity contribution in [2.75, 3.05) is 24.5 Å². The van der Waals surface area contributed by atoms with E-state index in [-0.39, 0.29) is 19.0 Å². The van der Waals surface area contributed by atoms with E-state index >= 15 is 0 Å². The quantitative estimate of drug-likeness (QED) is 0.679. The first kappa shape index (κ1) is 20.6. The Balaban J connectivity index is 1.39. The van der Waals surface area contributed by atoms with Crippen molar-refractivity contribution in [1.82, 2.24) is 10.6 Å². The zero-order valence-corrected chi connectivity index (χ0v) is 16.8. The largest absolute Gasteiger partial charge is 0.442 e. The molecular formula is C21H21FN6O3. The summed E-state index contributed by atoms with van der Waals surface area (Å²) >= 11 is 0. The molecule has 0 bridgehead atoms. The summed E-state index contributed by atoms with van der Waals surface area (Å²) in [5.74, 6) is 0.0304. The van der Waals surface area contributed by atoms with E-state index in [4.69, 9.17) is 4.74 Å². The van der Waals surface area contributed by atoms with Gasteiger partial charge < -0.3 is 15.4 Å². The van der Waals surface area contributed by atoms with Crippen molar-refractivity contribution in [2.24, 2.45) is 15.4 Å². The maximum atomic E-state index is 14.8. The Morgan fingerprint density at radius 2 is 2.00 bits per heavy atom. The van der Waals surface area contributed by atoms with Gasteiger partial charge in [-0.1, -0.05) is 24.3 Å². The first-order valence-electron chi connectivity index (χ1n) is 9.79. The number of halogens is 1. The van der Waals surface area contributed by atoms with E-state index in [1.54, 1.807) is 12.1 Å². The third kappa shape index (κ3) is 4.92. The summed E-state index contributed by atoms with van der Waals surface area (Å²) in [6.07, 6.45) is -1.03. The molecule has 1 fully saturated rings. The van der Waals surface area contributed by atoms with Gasteiger partial charge in [0.1, 0.15) is 11.9 Å². The summed E-state index contributed by atoms with van der Waals surface area (Å²) in [5, 5.41) is 16.7. The molecule has 160 valence electrons. The lowest BCUT2D eigenvalue weighted by molar-refractivity contribution is -0.119. The number of nitrogens with one attached hydrogen (secondary N) is 2. The van der Waals surface area contributed by atoms with Crippen LogP contribution in [0.4, 0.5) is 14.9 Å². The first-order chi connectivity index (χ1) is 15.0. The molecule has 0 radical (unpaired) electrons. The van der Waals surface area contributed by atoms with Gasteiger partial charge in [0.2, 0.25) is 5.91 Å². The molecule has 2 heterocycles. The Kier molecular flexibility index (Phi) is 5.99. The topological polar surface area (TPSA) is 108 Å². The number of anilines is 1. The van der Waals surface area contributed by atoms with Crippen molar-refractivity contribution >= 4 is 23.5 Å². The lowest BCUT2D eigenvalue weighted by Gasteiger charge is -2.15. The fourth-order valence-electron chi connectivity index (χ4n) is 3.30. The van der Waals surface area contributed by atoms with Crippen molar-refractivity contribution in [3.8, 4) is 11.1 Å². The van der Waals surface area contributed by atoms with Crippen molar-refractivity contribution in [2.45, 2.75) is 19.6 Å². The van der Waals surface area contributed by atoms with Gasteiger partial charge in [0, 0.05) is 19.0 Å². The summed E-state index contributed by atoms with van der Waals surface area (Å²) in [5.41, 5.74) is 2.63. The highest BCUT2D eigenvalue weighted by Crippen LogP contribution is 2.29. The predicted molar refractivity (Wildman–Crippen MR) is 112 cm³/mol. The van der Waals surface area contributed by atoms with Gasteiger partial charge in [-0.2, -0.15) is 0 Å². The minimum atomic E-state index is -0.561. The second-order valence-corrected chi connectivity index (χ2v) is 7.22. The molecule has 0 aromatic heterocycles. The van der Waals surface area contributed by atoms with Crippen molar-refractivity contribution in [1.29, 1.82) is 0 Å². The van der Waals surface area contributed by atoms with E-state index in [2.05, 4.69) is 26.1 Å². The maximum Gasteiger partial charge on any atom is 0.414 e. The second kappa shape index (κ2) is 9.00. The average molecular weight is 424 g/mol. The van der Waals surface area contributed by atoms with Gasteiger partial charge in [0.15, 0.2) is 5.84 Å². The summed E-state index contributed by atoms with van der Waals surface area (Å²) in [7, 11) is 0. The number of carbonyl (C=O) groups excluding carboxylic acids is 2. The van der Waals surface area contributed by atoms with Crippen LogP contribution in [0.25, 0.3) is 11.1 Å². The molecule has 10 heteroatoms. The first-order valence-corrected chi connectivity index (χ1v) is 9.79. The third-order valence-electron chi connectivity index (χ3n) is 4.91. The van der Waals surface area contributed by atoms with E-state index in [0.717, 1.165) is 11.1 Å². The summed E-state index contributed by atoms with van der Waals surface area (Å²) in [4.78, 5) is 24.5. The molecule has 9 nitrogen and oxygen atoms in total. The summed E-state index contributed by atoms with van der Waals surface area (Å²) in [6, 6.07) is 12.2. The number of ether oxygens (including phenoxy) is 1. The molecule has 2 amide bonds. The van der Waals surface area contributed by atoms with E-state index in [9.17, 15) is 14.0 Å². The molecule has 1 saturated heterocycles. The van der Waals surface area contributed by atoms with Crippen LogP contribution in [0.5, 0.6) is 0 Å². The standard InChI is InChI=1S/C21H21FN6O3/c1-13(29)24-10-17-12-28(21(30)31-17)16-6-7-18(19(22)8-16)15-4-2-14(3-5-15)9-23-11-20-25-27-26-20/h2-8,17,23H,9-12H2,1H3,(H,24,29). The number of hydrogen-bond acceptors (Lipinski definition) is 7. The lowest BCUT2D eigenvalue weighted by atomic mass is 10.0. The average Bonchev–Trinajstić information content (AvgIpc) is 3.09. The van der Waals surface area contributed by atoms with Crippen molar-refractivity contribution in [3.05, 3.63) is 53.8 Å². The van der Waals surface area contributed by atoms with Gasteiger partial charge in [-0.25, -0.2) is 9.18 Å². The van der Waals surface area contributed by atoms with Crippen LogP contribution in [0, 0.1) is 5.82 Å². The van der Waals surface area contributed by atoms with Crippen LogP contribution >= 0.6 is 0 Å². The molecule has 2 N–H and O–H groups in total. The fraction of sp³-hybridized carbons (Fsp3) is 0.286. The molecule has 2 aromatic rings. The van der Waals surface area contributed by atoms with Gasteiger partial charge in [-0.3, -0.25) is 9.69 Å². The number of benzene rings is 2. The van der Waals surface area contributed by atoms with E-state index < -0.39 is 18.0 Å². The molecule has 1 unspecified atom stereocenters. The molecule has 4 rings (SSSR count). The highest BCUT2D eigenvalue weighted by atomic mass is 19.1. The Hall–Kier alpha value is -3.66. The molecule has 0 aliphatic carbocycles. The van der Waals surface area contributed by atoms with Crippen molar-refractivity contribution in [3.63, 3.8) is 0 Å². The maximum absolute atomic E-state index is 14.8. The molecule has 1 atom stereocenters. The van der Waals surface area contributed by atoms with E-state index in [1.807, 2.05) is 24.3 Å². The fourth-order valence-corrected chi connectivity index (χ4v) is 3.30. The molecule has 2 aliphatic heterocycles. The number of amides is 2. The molecule has 2 aliphatic rings.